The van der Waals surface area contributed by atoms with Gasteiger partial charge in [-0.05, 0) is 39.8 Å². The summed E-state index contributed by atoms with van der Waals surface area (Å²) in [7, 11) is -0.902. The number of carbonyl (C=O) groups is 1. The number of hydrogen-bond donors (Lipinski definition) is 1. The Bertz CT molecular complexity index is 558. The fourth-order valence-electron chi connectivity index (χ4n) is 1.91. The van der Waals surface area contributed by atoms with Gasteiger partial charge >= 0.3 is 13.1 Å². The third-order valence-electron chi connectivity index (χ3n) is 3.80. The minimum absolute atomic E-state index is 0.0719. The lowest BCUT2D eigenvalue weighted by Gasteiger charge is -2.32. The summed E-state index contributed by atoms with van der Waals surface area (Å²) in [5, 5.41) is 8.96. The summed E-state index contributed by atoms with van der Waals surface area (Å²) >= 11 is 6.03. The summed E-state index contributed by atoms with van der Waals surface area (Å²) in [6, 6.07) is 2.01. The lowest BCUT2D eigenvalue weighted by Crippen LogP contribution is -2.41. The molecule has 0 spiro atoms. The van der Waals surface area contributed by atoms with Gasteiger partial charge in [-0.25, -0.2) is 9.18 Å². The van der Waals surface area contributed by atoms with E-state index in [0.29, 0.717) is 0 Å². The number of rotatable bonds is 2. The molecule has 0 aromatic heterocycles. The van der Waals surface area contributed by atoms with Crippen LogP contribution in [0.15, 0.2) is 12.1 Å². The number of aromatic carboxylic acids is 1. The Morgan fingerprint density at radius 1 is 1.25 bits per heavy atom. The second kappa shape index (κ2) is 4.72. The summed E-state index contributed by atoms with van der Waals surface area (Å²) in [5.74, 6) is -2.00. The van der Waals surface area contributed by atoms with Crippen molar-refractivity contribution in [2.24, 2.45) is 0 Å². The fourth-order valence-corrected chi connectivity index (χ4v) is 2.19. The lowest BCUT2D eigenvalue weighted by atomic mass is 9.78. The van der Waals surface area contributed by atoms with E-state index < -0.39 is 30.1 Å². The van der Waals surface area contributed by atoms with E-state index in [1.54, 1.807) is 0 Å². The Kier molecular flexibility index (Phi) is 3.61. The first kappa shape index (κ1) is 15.3. The molecule has 0 aliphatic carbocycles. The van der Waals surface area contributed by atoms with Crippen molar-refractivity contribution in [3.63, 3.8) is 0 Å². The lowest BCUT2D eigenvalue weighted by molar-refractivity contribution is 0.00578. The van der Waals surface area contributed by atoms with Gasteiger partial charge in [-0.3, -0.25) is 0 Å². The molecule has 1 aromatic rings. The number of halogens is 2. The van der Waals surface area contributed by atoms with E-state index in [1.165, 1.54) is 0 Å². The van der Waals surface area contributed by atoms with Gasteiger partial charge in [-0.1, -0.05) is 11.6 Å². The Balaban J connectivity index is 2.48. The number of carboxylic acid groups (broad SMARTS) is 1. The highest BCUT2D eigenvalue weighted by Crippen LogP contribution is 2.37. The van der Waals surface area contributed by atoms with Crippen molar-refractivity contribution in [3.05, 3.63) is 28.5 Å². The van der Waals surface area contributed by atoms with E-state index in [-0.39, 0.29) is 16.0 Å². The number of hydrogen-bond acceptors (Lipinski definition) is 3. The Hall–Kier alpha value is -1.11. The smallest absolute Gasteiger partial charge is 0.478 e. The average Bonchev–Trinajstić information content (AvgIpc) is 2.50. The van der Waals surface area contributed by atoms with Crippen molar-refractivity contribution in [3.8, 4) is 0 Å². The zero-order chi connectivity index (χ0) is 15.3. The van der Waals surface area contributed by atoms with Crippen LogP contribution in [0.2, 0.25) is 5.02 Å². The zero-order valence-electron chi connectivity index (χ0n) is 11.7. The van der Waals surface area contributed by atoms with Crippen molar-refractivity contribution < 1.29 is 23.6 Å². The first-order valence-electron chi connectivity index (χ1n) is 6.13. The van der Waals surface area contributed by atoms with Crippen LogP contribution in [0.1, 0.15) is 38.1 Å². The highest BCUT2D eigenvalue weighted by molar-refractivity contribution is 6.66. The highest BCUT2D eigenvalue weighted by Gasteiger charge is 2.52. The Morgan fingerprint density at radius 3 is 2.20 bits per heavy atom. The third-order valence-corrected chi connectivity index (χ3v) is 4.22. The molecule has 4 nitrogen and oxygen atoms in total. The van der Waals surface area contributed by atoms with Crippen LogP contribution < -0.4 is 5.46 Å². The SMILES string of the molecule is CC1(C)OB(c2cc(F)cc(C(=O)O)c2Cl)OC1(C)C. The Labute approximate surface area is 122 Å². The van der Waals surface area contributed by atoms with Crippen molar-refractivity contribution in [2.75, 3.05) is 0 Å². The van der Waals surface area contributed by atoms with Gasteiger partial charge in [-0.2, -0.15) is 0 Å². The molecule has 7 heteroatoms. The quantitative estimate of drug-likeness (QED) is 0.853. The summed E-state index contributed by atoms with van der Waals surface area (Å²) in [6.07, 6.45) is 0. The van der Waals surface area contributed by atoms with Gasteiger partial charge in [0.25, 0.3) is 0 Å². The molecule has 1 aliphatic heterocycles. The first-order chi connectivity index (χ1) is 9.05. The second-order valence-electron chi connectivity index (χ2n) is 5.75. The van der Waals surface area contributed by atoms with Crippen LogP contribution in [0.3, 0.4) is 0 Å². The predicted octanol–water partition coefficient (Wildman–Crippen LogP) is 2.48. The van der Waals surface area contributed by atoms with Gasteiger partial charge in [0, 0.05) is 5.46 Å². The van der Waals surface area contributed by atoms with E-state index in [1.807, 2.05) is 27.7 Å². The van der Waals surface area contributed by atoms with Gasteiger partial charge in [-0.15, -0.1) is 0 Å². The van der Waals surface area contributed by atoms with Crippen molar-refractivity contribution in [1.29, 1.82) is 0 Å². The van der Waals surface area contributed by atoms with Crippen LogP contribution in [-0.4, -0.2) is 29.4 Å². The zero-order valence-corrected chi connectivity index (χ0v) is 12.4. The van der Waals surface area contributed by atoms with Crippen LogP contribution in [0.5, 0.6) is 0 Å². The van der Waals surface area contributed by atoms with Gasteiger partial charge < -0.3 is 14.4 Å². The van der Waals surface area contributed by atoms with E-state index >= 15 is 0 Å². The number of benzene rings is 1. The molecule has 0 bridgehead atoms. The molecule has 2 rings (SSSR count). The van der Waals surface area contributed by atoms with Gasteiger partial charge in [0.2, 0.25) is 0 Å². The summed E-state index contributed by atoms with van der Waals surface area (Å²) < 4.78 is 25.1. The molecule has 0 atom stereocenters. The molecule has 0 saturated carbocycles. The van der Waals surface area contributed by atoms with Crippen LogP contribution in [0, 0.1) is 5.82 Å². The average molecular weight is 301 g/mol. The maximum atomic E-state index is 13.6. The van der Waals surface area contributed by atoms with Gasteiger partial charge in [0.05, 0.1) is 21.8 Å². The standard InChI is InChI=1S/C13H15BClFO4/c1-12(2)13(3,4)20-14(19-12)9-6-7(16)5-8(10(9)15)11(17)18/h5-6H,1-4H3,(H,17,18). The van der Waals surface area contributed by atoms with Gasteiger partial charge in [0.15, 0.2) is 0 Å². The Morgan fingerprint density at radius 2 is 1.75 bits per heavy atom. The molecular weight excluding hydrogens is 285 g/mol. The molecule has 0 unspecified atom stereocenters. The van der Waals surface area contributed by atoms with E-state index in [4.69, 9.17) is 26.0 Å². The van der Waals surface area contributed by atoms with Crippen LogP contribution in [0.25, 0.3) is 0 Å². The van der Waals surface area contributed by atoms with Crippen molar-refractivity contribution in [1.82, 2.24) is 0 Å². The molecular formula is C13H15BClFO4. The molecule has 1 N–H and O–H groups in total. The first-order valence-corrected chi connectivity index (χ1v) is 6.51. The fraction of sp³-hybridized carbons (Fsp3) is 0.462. The summed E-state index contributed by atoms with van der Waals surface area (Å²) in [5.41, 5.74) is -1.35. The summed E-state index contributed by atoms with van der Waals surface area (Å²) in [4.78, 5) is 11.1. The van der Waals surface area contributed by atoms with E-state index in [2.05, 4.69) is 0 Å². The molecule has 1 aromatic carbocycles. The normalized spacial score (nSPS) is 20.2. The number of carboxylic acids is 1. The maximum Gasteiger partial charge on any atom is 0.496 e. The largest absolute Gasteiger partial charge is 0.496 e. The minimum atomic E-state index is -1.30. The van der Waals surface area contributed by atoms with Crippen molar-refractivity contribution >= 4 is 30.2 Å². The molecule has 20 heavy (non-hydrogen) atoms. The van der Waals surface area contributed by atoms with E-state index in [0.717, 1.165) is 12.1 Å². The monoisotopic (exact) mass is 300 g/mol. The van der Waals surface area contributed by atoms with Crippen LogP contribution in [0.4, 0.5) is 4.39 Å². The van der Waals surface area contributed by atoms with Crippen LogP contribution >= 0.6 is 11.6 Å². The molecule has 108 valence electrons. The molecule has 1 heterocycles. The molecule has 1 saturated heterocycles. The third kappa shape index (κ3) is 2.43. The minimum Gasteiger partial charge on any atom is -0.478 e. The predicted molar refractivity (Wildman–Crippen MR) is 74.1 cm³/mol. The molecule has 0 radical (unpaired) electrons. The topological polar surface area (TPSA) is 55.8 Å². The highest BCUT2D eigenvalue weighted by atomic mass is 35.5. The molecule has 1 fully saturated rings. The van der Waals surface area contributed by atoms with Crippen LogP contribution in [-0.2, 0) is 9.31 Å². The van der Waals surface area contributed by atoms with E-state index in [9.17, 15) is 9.18 Å². The second-order valence-corrected chi connectivity index (χ2v) is 6.13. The molecule has 0 amide bonds. The molecule has 1 aliphatic rings. The van der Waals surface area contributed by atoms with Gasteiger partial charge in [0.1, 0.15) is 5.82 Å². The van der Waals surface area contributed by atoms with Crippen molar-refractivity contribution in [2.45, 2.75) is 38.9 Å². The maximum absolute atomic E-state index is 13.6. The summed E-state index contributed by atoms with van der Waals surface area (Å²) in [6.45, 7) is 7.38.